The van der Waals surface area contributed by atoms with Crippen LogP contribution in [-0.2, 0) is 9.59 Å². The molecule has 0 spiro atoms. The van der Waals surface area contributed by atoms with Gasteiger partial charge in [-0.1, -0.05) is 77.2 Å². The Morgan fingerprint density at radius 1 is 0.680 bits per heavy atom. The summed E-state index contributed by atoms with van der Waals surface area (Å²) in [6, 6.07) is 0. The van der Waals surface area contributed by atoms with E-state index in [-0.39, 0.29) is 6.42 Å². The first kappa shape index (κ1) is 23.7. The van der Waals surface area contributed by atoms with E-state index in [1.165, 1.54) is 38.5 Å². The summed E-state index contributed by atoms with van der Waals surface area (Å²) in [7, 11) is 0. The van der Waals surface area contributed by atoms with Crippen LogP contribution in [0.1, 0.15) is 110 Å². The van der Waals surface area contributed by atoms with E-state index in [2.05, 4.69) is 6.92 Å². The number of carbonyl (C=O) groups is 2. The lowest BCUT2D eigenvalue weighted by atomic mass is 10.0. The van der Waals surface area contributed by atoms with Gasteiger partial charge in [0.25, 0.3) is 0 Å². The zero-order chi connectivity index (χ0) is 18.8. The molecule has 0 unspecified atom stereocenters. The highest BCUT2D eigenvalue weighted by atomic mass is 16.4. The lowest BCUT2D eigenvalue weighted by Crippen LogP contribution is -2.01. The van der Waals surface area contributed by atoms with Gasteiger partial charge >= 0.3 is 11.9 Å². The summed E-state index contributed by atoms with van der Waals surface area (Å²) in [6.07, 6.45) is 18.2. The van der Waals surface area contributed by atoms with E-state index in [0.717, 1.165) is 51.4 Å². The monoisotopic (exact) mass is 354 g/mol. The molecule has 0 aliphatic rings. The van der Waals surface area contributed by atoms with Crippen molar-refractivity contribution in [3.63, 3.8) is 0 Å². The maximum absolute atomic E-state index is 11.3. The predicted octanol–water partition coefficient (Wildman–Crippen LogP) is 6.34. The number of aliphatic carboxylic acids is 2. The highest BCUT2D eigenvalue weighted by Crippen LogP contribution is 2.15. The summed E-state index contributed by atoms with van der Waals surface area (Å²) in [5.74, 6) is -1.50. The molecule has 4 nitrogen and oxygen atoms in total. The minimum Gasteiger partial charge on any atom is -0.481 e. The van der Waals surface area contributed by atoms with E-state index in [4.69, 9.17) is 5.11 Å². The molecule has 0 amide bonds. The standard InChI is InChI=1S/C21H38O4/c1-2-3-4-5-6-7-10-13-16-19(21(24)25)17-14-11-8-9-12-15-18-20(22)23/h16H,2-15,17-18H2,1H3,(H,22,23)(H,24,25). The first-order chi connectivity index (χ1) is 12.1. The minimum atomic E-state index is -0.774. The van der Waals surface area contributed by atoms with E-state index in [0.29, 0.717) is 12.0 Å². The van der Waals surface area contributed by atoms with Crippen LogP contribution in [0.4, 0.5) is 0 Å². The van der Waals surface area contributed by atoms with Crippen LogP contribution in [0.25, 0.3) is 0 Å². The normalized spacial score (nSPS) is 11.6. The Balaban J connectivity index is 3.66. The van der Waals surface area contributed by atoms with E-state index >= 15 is 0 Å². The highest BCUT2D eigenvalue weighted by Gasteiger charge is 2.06. The topological polar surface area (TPSA) is 74.6 Å². The van der Waals surface area contributed by atoms with Crippen LogP contribution in [0.3, 0.4) is 0 Å². The van der Waals surface area contributed by atoms with Crippen molar-refractivity contribution in [2.75, 3.05) is 0 Å². The van der Waals surface area contributed by atoms with Crippen LogP contribution in [0.5, 0.6) is 0 Å². The summed E-state index contributed by atoms with van der Waals surface area (Å²) in [5.41, 5.74) is 0.567. The molecule has 0 radical (unpaired) electrons. The van der Waals surface area contributed by atoms with E-state index in [1.807, 2.05) is 6.08 Å². The van der Waals surface area contributed by atoms with Gasteiger partial charge in [-0.2, -0.15) is 0 Å². The van der Waals surface area contributed by atoms with Crippen molar-refractivity contribution in [2.45, 2.75) is 110 Å². The third kappa shape index (κ3) is 17.3. The van der Waals surface area contributed by atoms with Crippen molar-refractivity contribution in [1.29, 1.82) is 0 Å². The van der Waals surface area contributed by atoms with Gasteiger partial charge in [-0.15, -0.1) is 0 Å². The second-order valence-electron chi connectivity index (χ2n) is 6.96. The number of hydrogen-bond acceptors (Lipinski definition) is 2. The quantitative estimate of drug-likeness (QED) is 0.222. The predicted molar refractivity (Wildman–Crippen MR) is 103 cm³/mol. The summed E-state index contributed by atoms with van der Waals surface area (Å²) >= 11 is 0. The summed E-state index contributed by atoms with van der Waals surface area (Å²) < 4.78 is 0. The molecule has 2 N–H and O–H groups in total. The Morgan fingerprint density at radius 3 is 1.68 bits per heavy atom. The van der Waals surface area contributed by atoms with E-state index < -0.39 is 11.9 Å². The largest absolute Gasteiger partial charge is 0.481 e. The van der Waals surface area contributed by atoms with Gasteiger partial charge < -0.3 is 10.2 Å². The maximum Gasteiger partial charge on any atom is 0.331 e. The molecular formula is C21H38O4. The Hall–Kier alpha value is -1.32. The molecule has 0 fully saturated rings. The van der Waals surface area contributed by atoms with Crippen LogP contribution in [0.2, 0.25) is 0 Å². The molecule has 0 saturated carbocycles. The van der Waals surface area contributed by atoms with Crippen LogP contribution in [0, 0.1) is 0 Å². The molecular weight excluding hydrogens is 316 g/mol. The van der Waals surface area contributed by atoms with E-state index in [1.54, 1.807) is 0 Å². The Kier molecular flexibility index (Phi) is 16.6. The van der Waals surface area contributed by atoms with Crippen molar-refractivity contribution >= 4 is 11.9 Å². The van der Waals surface area contributed by atoms with Gasteiger partial charge in [-0.05, 0) is 32.1 Å². The van der Waals surface area contributed by atoms with Gasteiger partial charge in [0.1, 0.15) is 0 Å². The zero-order valence-electron chi connectivity index (χ0n) is 16.1. The Morgan fingerprint density at radius 2 is 1.16 bits per heavy atom. The molecule has 0 aromatic carbocycles. The first-order valence-corrected chi connectivity index (χ1v) is 10.2. The molecule has 0 aliphatic heterocycles. The number of carboxylic acids is 2. The maximum atomic E-state index is 11.3. The Bertz CT molecular complexity index is 374. The molecule has 146 valence electrons. The van der Waals surface area contributed by atoms with Gasteiger partial charge in [0, 0.05) is 12.0 Å². The second-order valence-corrected chi connectivity index (χ2v) is 6.96. The average Bonchev–Trinajstić information content (AvgIpc) is 2.57. The van der Waals surface area contributed by atoms with Gasteiger partial charge in [0.05, 0.1) is 0 Å². The fourth-order valence-corrected chi connectivity index (χ4v) is 2.97. The fraction of sp³-hybridized carbons (Fsp3) is 0.810. The lowest BCUT2D eigenvalue weighted by molar-refractivity contribution is -0.137. The van der Waals surface area contributed by atoms with Gasteiger partial charge in [-0.25, -0.2) is 4.79 Å². The number of rotatable bonds is 18. The van der Waals surface area contributed by atoms with Crippen LogP contribution >= 0.6 is 0 Å². The molecule has 0 atom stereocenters. The minimum absolute atomic E-state index is 0.254. The molecule has 0 bridgehead atoms. The zero-order valence-corrected chi connectivity index (χ0v) is 16.1. The van der Waals surface area contributed by atoms with Crippen LogP contribution < -0.4 is 0 Å². The molecule has 0 saturated heterocycles. The van der Waals surface area contributed by atoms with Crippen LogP contribution in [-0.4, -0.2) is 22.2 Å². The lowest BCUT2D eigenvalue weighted by Gasteiger charge is -2.04. The smallest absolute Gasteiger partial charge is 0.331 e. The van der Waals surface area contributed by atoms with Crippen molar-refractivity contribution < 1.29 is 19.8 Å². The molecule has 0 aromatic heterocycles. The second kappa shape index (κ2) is 17.5. The molecule has 0 heterocycles. The highest BCUT2D eigenvalue weighted by molar-refractivity contribution is 5.86. The molecule has 0 rings (SSSR count). The number of unbranched alkanes of at least 4 members (excludes halogenated alkanes) is 12. The molecule has 4 heteroatoms. The molecule has 25 heavy (non-hydrogen) atoms. The Labute approximate surface area is 153 Å². The number of hydrogen-bond donors (Lipinski definition) is 2. The van der Waals surface area contributed by atoms with Crippen molar-refractivity contribution in [1.82, 2.24) is 0 Å². The third-order valence-electron chi connectivity index (χ3n) is 4.56. The van der Waals surface area contributed by atoms with Crippen molar-refractivity contribution in [2.24, 2.45) is 0 Å². The number of allylic oxidation sites excluding steroid dienone is 1. The third-order valence-corrected chi connectivity index (χ3v) is 4.56. The van der Waals surface area contributed by atoms with Gasteiger partial charge in [0.15, 0.2) is 0 Å². The van der Waals surface area contributed by atoms with Gasteiger partial charge in [-0.3, -0.25) is 4.79 Å². The molecule has 0 aliphatic carbocycles. The first-order valence-electron chi connectivity index (χ1n) is 10.2. The van der Waals surface area contributed by atoms with Crippen molar-refractivity contribution in [3.8, 4) is 0 Å². The van der Waals surface area contributed by atoms with Crippen molar-refractivity contribution in [3.05, 3.63) is 11.6 Å². The fourth-order valence-electron chi connectivity index (χ4n) is 2.97. The number of carboxylic acid groups (broad SMARTS) is 2. The SMILES string of the molecule is CCCCCCCCCC=C(CCCCCCCCC(=O)O)C(=O)O. The summed E-state index contributed by atoms with van der Waals surface area (Å²) in [4.78, 5) is 21.7. The van der Waals surface area contributed by atoms with Crippen LogP contribution in [0.15, 0.2) is 11.6 Å². The summed E-state index contributed by atoms with van der Waals surface area (Å²) in [6.45, 7) is 2.22. The summed E-state index contributed by atoms with van der Waals surface area (Å²) in [5, 5.41) is 17.8. The average molecular weight is 355 g/mol. The molecule has 0 aromatic rings. The van der Waals surface area contributed by atoms with E-state index in [9.17, 15) is 14.7 Å². The van der Waals surface area contributed by atoms with Gasteiger partial charge in [0.2, 0.25) is 0 Å².